The summed E-state index contributed by atoms with van der Waals surface area (Å²) in [6.45, 7) is 2.02. The van der Waals surface area contributed by atoms with Gasteiger partial charge in [0.2, 0.25) is 22.7 Å². The first-order chi connectivity index (χ1) is 27.6. The van der Waals surface area contributed by atoms with Crippen molar-refractivity contribution in [1.82, 2.24) is 0 Å². The highest BCUT2D eigenvalue weighted by Gasteiger charge is 2.39. The molecule has 1 aliphatic rings. The molecule has 0 saturated heterocycles. The topological polar surface area (TPSA) is 160 Å². The fourth-order valence-electron chi connectivity index (χ4n) is 5.15. The Morgan fingerprint density at radius 3 is 1.98 bits per heavy atom. The van der Waals surface area contributed by atoms with Crippen LogP contribution in [0.15, 0.2) is 106 Å². The van der Waals surface area contributed by atoms with Gasteiger partial charge in [0.05, 0.1) is 62.7 Å². The molecule has 0 spiro atoms. The average Bonchev–Trinajstić information content (AvgIpc) is 3.21. The lowest BCUT2D eigenvalue weighted by atomic mass is 9.96. The molecule has 15 heteroatoms. The summed E-state index contributed by atoms with van der Waals surface area (Å²) in [5.41, 5.74) is -0.583. The molecule has 0 radical (unpaired) electrons. The summed E-state index contributed by atoms with van der Waals surface area (Å²) in [6, 6.07) is 22.9. The lowest BCUT2D eigenvalue weighted by Gasteiger charge is -2.33. The Morgan fingerprint density at radius 1 is 0.737 bits per heavy atom. The van der Waals surface area contributed by atoms with Gasteiger partial charge in [-0.05, 0) is 80.5 Å². The highest BCUT2D eigenvalue weighted by Crippen LogP contribution is 2.28. The van der Waals surface area contributed by atoms with Gasteiger partial charge in [-0.3, -0.25) is 9.59 Å². The molecule has 3 aromatic carbocycles. The van der Waals surface area contributed by atoms with Crippen molar-refractivity contribution in [3.05, 3.63) is 134 Å². The fourth-order valence-corrected chi connectivity index (χ4v) is 5.57. The number of halogens is 3. The van der Waals surface area contributed by atoms with Gasteiger partial charge in [0.15, 0.2) is 11.4 Å². The van der Waals surface area contributed by atoms with Gasteiger partial charge >= 0.3 is 5.97 Å². The summed E-state index contributed by atoms with van der Waals surface area (Å²) in [7, 11) is 0. The second kappa shape index (κ2) is 24.1. The van der Waals surface area contributed by atoms with Crippen molar-refractivity contribution in [1.29, 1.82) is 0 Å². The van der Waals surface area contributed by atoms with Crippen LogP contribution in [0, 0.1) is 0 Å². The third-order valence-electron chi connectivity index (χ3n) is 8.28. The van der Waals surface area contributed by atoms with E-state index < -0.39 is 22.8 Å². The van der Waals surface area contributed by atoms with Crippen LogP contribution in [0.3, 0.4) is 0 Å². The van der Waals surface area contributed by atoms with Crippen LogP contribution >= 0.6 is 34.8 Å². The zero-order chi connectivity index (χ0) is 40.9. The molecule has 1 atom stereocenters. The Kier molecular flexibility index (Phi) is 19.1. The summed E-state index contributed by atoms with van der Waals surface area (Å²) in [4.78, 5) is 34.8. The van der Waals surface area contributed by atoms with E-state index in [1.807, 2.05) is 42.5 Å². The van der Waals surface area contributed by atoms with Crippen molar-refractivity contribution >= 4 is 46.6 Å². The standard InChI is InChI=1S/C25H28Cl2O6.C17H17ClO6/c26-21-10-9-20(13-22(21)27)31-11-5-2-6-12-32-24-16-33-25(17-28,14-23(24)29)18-30-15-19-7-3-1-4-8-19;18-12-4-6-13(7-5-12)22-8-2-1-3-9-23-16-11-24-15(17(20)21)10-14(16)19/h1,3-4,7-10,13,16,28H,2,5-6,11-12,14-15,17-18H2;4-7,10-11H,1-3,8-9H2,(H,20,21). The largest absolute Gasteiger partial charge is 0.494 e. The van der Waals surface area contributed by atoms with Gasteiger partial charge in [0, 0.05) is 17.2 Å². The van der Waals surface area contributed by atoms with E-state index in [0.29, 0.717) is 53.9 Å². The van der Waals surface area contributed by atoms with E-state index >= 15 is 0 Å². The molecular weight excluding hydrogens is 803 g/mol. The van der Waals surface area contributed by atoms with Crippen molar-refractivity contribution in [3.63, 3.8) is 0 Å². The second-order valence-electron chi connectivity index (χ2n) is 12.8. The molecule has 0 fully saturated rings. The maximum Gasteiger partial charge on any atom is 0.371 e. The summed E-state index contributed by atoms with van der Waals surface area (Å²) in [6.07, 6.45) is 7.24. The Bertz CT molecular complexity index is 1930. The molecule has 2 N–H and O–H groups in total. The van der Waals surface area contributed by atoms with Gasteiger partial charge in [-0.15, -0.1) is 0 Å². The number of hydrogen-bond acceptors (Lipinski definition) is 11. The van der Waals surface area contributed by atoms with Crippen molar-refractivity contribution in [2.24, 2.45) is 0 Å². The molecule has 12 nitrogen and oxygen atoms in total. The van der Waals surface area contributed by atoms with Gasteiger partial charge < -0.3 is 43.1 Å². The maximum absolute atomic E-state index is 12.5. The van der Waals surface area contributed by atoms with Crippen molar-refractivity contribution in [2.75, 3.05) is 39.6 Å². The number of aliphatic hydroxyl groups excluding tert-OH is 1. The number of carboxylic acids is 1. The van der Waals surface area contributed by atoms with Crippen LogP contribution in [0.25, 0.3) is 0 Å². The third kappa shape index (κ3) is 16.0. The number of ketones is 1. The Morgan fingerprint density at radius 2 is 1.37 bits per heavy atom. The van der Waals surface area contributed by atoms with E-state index in [2.05, 4.69) is 0 Å². The van der Waals surface area contributed by atoms with Gasteiger partial charge in [0.1, 0.15) is 24.0 Å². The number of carbonyl (C=O) groups is 2. The van der Waals surface area contributed by atoms with Crippen LogP contribution in [-0.2, 0) is 25.6 Å². The van der Waals surface area contributed by atoms with Crippen LogP contribution in [0.5, 0.6) is 17.2 Å². The number of aliphatic hydroxyl groups is 1. The number of Topliss-reactive ketones (excluding diaryl/α,β-unsaturated/α-hetero) is 1. The SMILES string of the molecule is O=C(O)c1cc(=O)c(OCCCCCOc2ccc(Cl)cc2)co1.O=C1CC(CO)(COCc2ccccc2)OC=C1OCCCCCOc1ccc(Cl)c(Cl)c1. The number of hydrogen-bond donors (Lipinski definition) is 2. The molecule has 57 heavy (non-hydrogen) atoms. The summed E-state index contributed by atoms with van der Waals surface area (Å²) >= 11 is 17.6. The molecule has 4 aromatic rings. The normalized spacial score (nSPS) is 14.7. The van der Waals surface area contributed by atoms with Crippen LogP contribution < -0.4 is 19.6 Å². The Balaban J connectivity index is 0.000000266. The van der Waals surface area contributed by atoms with Crippen molar-refractivity contribution < 1.29 is 52.6 Å². The minimum absolute atomic E-state index is 0.00160. The number of carbonyl (C=O) groups excluding carboxylic acids is 1. The minimum Gasteiger partial charge on any atom is -0.494 e. The monoisotopic (exact) mass is 846 g/mol. The Labute approximate surface area is 345 Å². The first-order valence-electron chi connectivity index (χ1n) is 18.3. The third-order valence-corrected chi connectivity index (χ3v) is 9.27. The van der Waals surface area contributed by atoms with Gasteiger partial charge in [-0.2, -0.15) is 0 Å². The number of carboxylic acid groups (broad SMARTS) is 1. The summed E-state index contributed by atoms with van der Waals surface area (Å²) < 4.78 is 38.3. The van der Waals surface area contributed by atoms with E-state index in [1.54, 1.807) is 30.3 Å². The number of benzene rings is 3. The number of allylic oxidation sites excluding steroid dienone is 1. The zero-order valence-corrected chi connectivity index (χ0v) is 33.4. The number of rotatable bonds is 22. The predicted molar refractivity (Wildman–Crippen MR) is 215 cm³/mol. The fraction of sp³-hybridized carbons (Fsp3) is 0.357. The predicted octanol–water partition coefficient (Wildman–Crippen LogP) is 8.96. The van der Waals surface area contributed by atoms with Crippen LogP contribution in [0.2, 0.25) is 15.1 Å². The quantitative estimate of drug-likeness (QED) is 0.0724. The first-order valence-corrected chi connectivity index (χ1v) is 19.4. The van der Waals surface area contributed by atoms with Gasteiger partial charge in [-0.25, -0.2) is 4.79 Å². The van der Waals surface area contributed by atoms with E-state index in [9.17, 15) is 19.5 Å². The van der Waals surface area contributed by atoms with Crippen LogP contribution in [-0.4, -0.2) is 67.2 Å². The highest BCUT2D eigenvalue weighted by molar-refractivity contribution is 6.42. The molecule has 0 amide bonds. The molecule has 0 saturated carbocycles. The Hall–Kier alpha value is -4.72. The van der Waals surface area contributed by atoms with Crippen LogP contribution in [0.4, 0.5) is 0 Å². The average molecular weight is 848 g/mol. The smallest absolute Gasteiger partial charge is 0.371 e. The lowest BCUT2D eigenvalue weighted by molar-refractivity contribution is -0.141. The van der Waals surface area contributed by atoms with E-state index in [1.165, 1.54) is 6.26 Å². The molecule has 0 aliphatic carbocycles. The van der Waals surface area contributed by atoms with E-state index in [-0.39, 0.29) is 36.9 Å². The lowest BCUT2D eigenvalue weighted by Crippen LogP contribution is -2.45. The van der Waals surface area contributed by atoms with Crippen LogP contribution in [0.1, 0.15) is 61.1 Å². The molecule has 1 aliphatic heterocycles. The first kappa shape index (κ1) is 45.0. The van der Waals surface area contributed by atoms with Gasteiger partial charge in [-0.1, -0.05) is 65.1 Å². The summed E-state index contributed by atoms with van der Waals surface area (Å²) in [5.74, 6) is -0.276. The molecule has 2 heterocycles. The highest BCUT2D eigenvalue weighted by atomic mass is 35.5. The number of ether oxygens (including phenoxy) is 6. The molecule has 1 unspecified atom stereocenters. The van der Waals surface area contributed by atoms with E-state index in [0.717, 1.165) is 62.2 Å². The number of aromatic carboxylic acids is 1. The van der Waals surface area contributed by atoms with Crippen molar-refractivity contribution in [3.8, 4) is 17.2 Å². The molecule has 306 valence electrons. The molecule has 1 aromatic heterocycles. The molecular formula is C42H45Cl3O12. The maximum atomic E-state index is 12.5. The minimum atomic E-state index is -1.29. The van der Waals surface area contributed by atoms with Crippen molar-refractivity contribution in [2.45, 2.75) is 57.2 Å². The zero-order valence-electron chi connectivity index (χ0n) is 31.2. The summed E-state index contributed by atoms with van der Waals surface area (Å²) in [5, 5.41) is 20.1. The second-order valence-corrected chi connectivity index (χ2v) is 14.1. The number of unbranched alkanes of at least 4 members (excludes halogenated alkanes) is 4. The van der Waals surface area contributed by atoms with E-state index in [4.69, 9.17) is 72.7 Å². The molecule has 0 bridgehead atoms. The molecule has 5 rings (SSSR count). The van der Waals surface area contributed by atoms with Gasteiger partial charge in [0.25, 0.3) is 0 Å².